The Morgan fingerprint density at radius 2 is 1.90 bits per heavy atom. The number of amides is 1. The number of benzene rings is 2. The minimum absolute atomic E-state index is 0.155. The molecule has 1 aliphatic carbocycles. The van der Waals surface area contributed by atoms with Crippen molar-refractivity contribution in [2.45, 2.75) is 37.9 Å². The molecule has 4 rings (SSSR count). The van der Waals surface area contributed by atoms with Gasteiger partial charge in [0.15, 0.2) is 0 Å². The first-order chi connectivity index (χ1) is 14.9. The molecule has 31 heavy (non-hydrogen) atoms. The molecule has 1 heterocycles. The number of carbonyl (C=O) groups excluding carboxylic acids is 1. The van der Waals surface area contributed by atoms with E-state index >= 15 is 0 Å². The van der Waals surface area contributed by atoms with E-state index in [9.17, 15) is 4.79 Å². The van der Waals surface area contributed by atoms with Crippen molar-refractivity contribution in [3.8, 4) is 0 Å². The maximum Gasteiger partial charge on any atom is 0.255 e. The van der Waals surface area contributed by atoms with Gasteiger partial charge in [-0.15, -0.1) is 0 Å². The Hall–Kier alpha value is -2.40. The number of allylic oxidation sites excluding steroid dienone is 2. The van der Waals surface area contributed by atoms with E-state index in [4.69, 9.17) is 16.3 Å². The largest absolute Gasteiger partial charge is 0.368 e. The van der Waals surface area contributed by atoms with Crippen molar-refractivity contribution in [3.63, 3.8) is 0 Å². The molecular weight excluding hydrogens is 408 g/mol. The van der Waals surface area contributed by atoms with Crippen LogP contribution in [0.25, 0.3) is 5.57 Å². The summed E-state index contributed by atoms with van der Waals surface area (Å²) in [5.74, 6) is -0.155. The molecule has 1 aliphatic heterocycles. The molecule has 5 heteroatoms. The third kappa shape index (κ3) is 5.65. The second-order valence-electron chi connectivity index (χ2n) is 8.68. The monoisotopic (exact) mass is 436 g/mol. The Kier molecular flexibility index (Phi) is 6.61. The topological polar surface area (TPSA) is 41.6 Å². The lowest BCUT2D eigenvalue weighted by Gasteiger charge is -2.37. The highest BCUT2D eigenvalue weighted by atomic mass is 35.5. The van der Waals surface area contributed by atoms with Crippen LogP contribution >= 0.6 is 11.6 Å². The van der Waals surface area contributed by atoms with Crippen LogP contribution in [-0.2, 0) is 4.74 Å². The number of likely N-dealkylation sites (tertiary alicyclic amines) is 1. The molecular formula is C26H29ClN2O2. The van der Waals surface area contributed by atoms with Crippen molar-refractivity contribution in [2.24, 2.45) is 0 Å². The molecule has 1 N–H and O–H groups in total. The van der Waals surface area contributed by atoms with Crippen molar-refractivity contribution >= 4 is 28.8 Å². The van der Waals surface area contributed by atoms with Crippen molar-refractivity contribution in [1.82, 2.24) is 4.90 Å². The molecule has 0 saturated carbocycles. The van der Waals surface area contributed by atoms with Gasteiger partial charge in [0.1, 0.15) is 0 Å². The summed E-state index contributed by atoms with van der Waals surface area (Å²) in [4.78, 5) is 14.9. The fourth-order valence-corrected chi connectivity index (χ4v) is 4.31. The van der Waals surface area contributed by atoms with Crippen LogP contribution in [0.4, 0.5) is 5.69 Å². The summed E-state index contributed by atoms with van der Waals surface area (Å²) in [5.41, 5.74) is 3.20. The second kappa shape index (κ2) is 9.39. The maximum absolute atomic E-state index is 12.6. The van der Waals surface area contributed by atoms with Gasteiger partial charge in [0.05, 0.1) is 11.7 Å². The lowest BCUT2D eigenvalue weighted by atomic mass is 9.89. The van der Waals surface area contributed by atoms with E-state index < -0.39 is 0 Å². The van der Waals surface area contributed by atoms with Crippen molar-refractivity contribution < 1.29 is 9.53 Å². The fourth-order valence-electron chi connectivity index (χ4n) is 4.18. The van der Waals surface area contributed by atoms with Gasteiger partial charge in [-0.2, -0.15) is 0 Å². The highest BCUT2D eigenvalue weighted by molar-refractivity contribution is 6.30. The molecule has 162 valence electrons. The zero-order valence-corrected chi connectivity index (χ0v) is 18.9. The number of hydrogen-bond donors (Lipinski definition) is 1. The first kappa shape index (κ1) is 21.8. The van der Waals surface area contributed by atoms with Crippen LogP contribution in [0.3, 0.4) is 0 Å². The van der Waals surface area contributed by atoms with Crippen LogP contribution in [0, 0.1) is 0 Å². The van der Waals surface area contributed by atoms with Gasteiger partial charge in [-0.3, -0.25) is 4.79 Å². The number of rotatable bonds is 5. The number of hydrogen-bond acceptors (Lipinski definition) is 3. The van der Waals surface area contributed by atoms with E-state index in [0.29, 0.717) is 16.7 Å². The molecule has 1 saturated heterocycles. The molecule has 1 atom stereocenters. The summed E-state index contributed by atoms with van der Waals surface area (Å²) in [5, 5.41) is 3.59. The number of halogens is 1. The Balaban J connectivity index is 1.47. The Labute approximate surface area is 189 Å². The highest BCUT2D eigenvalue weighted by Gasteiger charge is 2.29. The van der Waals surface area contributed by atoms with Gasteiger partial charge in [-0.25, -0.2) is 0 Å². The lowest BCUT2D eigenvalue weighted by molar-refractivity contribution is -0.0723. The first-order valence-electron chi connectivity index (χ1n) is 10.8. The average Bonchev–Trinajstić information content (AvgIpc) is 2.76. The maximum atomic E-state index is 12.6. The molecule has 4 nitrogen and oxygen atoms in total. The van der Waals surface area contributed by atoms with Crippen LogP contribution in [0.5, 0.6) is 0 Å². The van der Waals surface area contributed by atoms with E-state index in [1.54, 1.807) is 24.3 Å². The SMILES string of the molecule is CN1CCC(OC2(C)C=C(c3cccc(NC(=O)c4ccc(Cl)cc4)c3)C=CC2)CC1. The van der Waals surface area contributed by atoms with Crippen molar-refractivity contribution in [1.29, 1.82) is 0 Å². The van der Waals surface area contributed by atoms with Gasteiger partial charge in [0.25, 0.3) is 5.91 Å². The lowest BCUT2D eigenvalue weighted by Crippen LogP contribution is -2.40. The first-order valence-corrected chi connectivity index (χ1v) is 11.2. The third-order valence-electron chi connectivity index (χ3n) is 5.94. The molecule has 2 aromatic carbocycles. The van der Waals surface area contributed by atoms with Gasteiger partial charge in [-0.1, -0.05) is 35.9 Å². The van der Waals surface area contributed by atoms with Crippen molar-refractivity contribution in [2.75, 3.05) is 25.5 Å². The van der Waals surface area contributed by atoms with Gasteiger partial charge in [-0.05, 0) is 86.8 Å². The fraction of sp³-hybridized carbons (Fsp3) is 0.346. The van der Waals surface area contributed by atoms with Gasteiger partial charge in [0, 0.05) is 29.4 Å². The smallest absolute Gasteiger partial charge is 0.255 e. The van der Waals surface area contributed by atoms with E-state index in [1.165, 1.54) is 0 Å². The number of anilines is 1. The highest BCUT2D eigenvalue weighted by Crippen LogP contribution is 2.33. The molecule has 1 amide bonds. The Morgan fingerprint density at radius 1 is 1.16 bits per heavy atom. The molecule has 0 aromatic heterocycles. The number of ether oxygens (including phenoxy) is 1. The normalized spacial score (nSPS) is 22.2. The van der Waals surface area contributed by atoms with E-state index in [0.717, 1.165) is 49.2 Å². The van der Waals surface area contributed by atoms with E-state index in [-0.39, 0.29) is 11.5 Å². The summed E-state index contributed by atoms with van der Waals surface area (Å²) >= 11 is 5.92. The second-order valence-corrected chi connectivity index (χ2v) is 9.12. The zero-order chi connectivity index (χ0) is 21.8. The number of nitrogens with one attached hydrogen (secondary N) is 1. The standard InChI is InChI=1S/C26H29ClN2O2/c1-26(31-24-12-15-29(2)16-13-24)14-4-6-21(18-26)20-5-3-7-23(17-20)28-25(30)19-8-10-22(27)11-9-19/h3-11,17-18,24H,12-16H2,1-2H3,(H,28,30). The van der Waals surface area contributed by atoms with Gasteiger partial charge < -0.3 is 15.0 Å². The molecule has 0 bridgehead atoms. The summed E-state index contributed by atoms with van der Waals surface area (Å²) in [6, 6.07) is 14.8. The van der Waals surface area contributed by atoms with Gasteiger partial charge >= 0.3 is 0 Å². The molecule has 1 unspecified atom stereocenters. The molecule has 2 aromatic rings. The summed E-state index contributed by atoms with van der Waals surface area (Å²) < 4.78 is 6.55. The van der Waals surface area contributed by atoms with Crippen molar-refractivity contribution in [3.05, 3.63) is 82.9 Å². The van der Waals surface area contributed by atoms with Crippen LogP contribution in [0.2, 0.25) is 5.02 Å². The Bertz CT molecular complexity index is 991. The average molecular weight is 437 g/mol. The minimum Gasteiger partial charge on any atom is -0.368 e. The summed E-state index contributed by atoms with van der Waals surface area (Å²) in [7, 11) is 2.16. The number of carbonyl (C=O) groups is 1. The van der Waals surface area contributed by atoms with E-state index in [1.807, 2.05) is 18.2 Å². The molecule has 0 radical (unpaired) electrons. The van der Waals surface area contributed by atoms with Crippen LogP contribution in [0.1, 0.15) is 42.1 Å². The summed E-state index contributed by atoms with van der Waals surface area (Å²) in [6.07, 6.45) is 9.87. The Morgan fingerprint density at radius 3 is 2.65 bits per heavy atom. The predicted molar refractivity (Wildman–Crippen MR) is 128 cm³/mol. The zero-order valence-electron chi connectivity index (χ0n) is 18.1. The third-order valence-corrected chi connectivity index (χ3v) is 6.20. The summed E-state index contributed by atoms with van der Waals surface area (Å²) in [6.45, 7) is 4.34. The quantitative estimate of drug-likeness (QED) is 0.643. The van der Waals surface area contributed by atoms with Gasteiger partial charge in [0.2, 0.25) is 0 Å². The molecule has 0 spiro atoms. The van der Waals surface area contributed by atoms with Crippen LogP contribution in [0.15, 0.2) is 66.8 Å². The van der Waals surface area contributed by atoms with Crippen LogP contribution < -0.4 is 5.32 Å². The minimum atomic E-state index is -0.312. The number of nitrogens with zero attached hydrogens (tertiary/aromatic N) is 1. The van der Waals surface area contributed by atoms with E-state index in [2.05, 4.69) is 48.5 Å². The molecule has 1 fully saturated rings. The molecule has 2 aliphatic rings. The van der Waals surface area contributed by atoms with Crippen LogP contribution in [-0.4, -0.2) is 42.6 Å². The predicted octanol–water partition coefficient (Wildman–Crippen LogP) is 5.81. The number of piperidine rings is 1.